The number of carbonyl (C=O) groups is 2. The van der Waals surface area contributed by atoms with Crippen molar-refractivity contribution < 1.29 is 14.3 Å². The standard InChI is InChI=1S/C15H26N6O3/c1-4-24-10-9-21-11-12(19(3)15(23)17-13(11)22)16-14(21)20-7-5-18(2)6-8-20/h11-12H,4-10H2,1-3H3,(H,17,22,23). The van der Waals surface area contributed by atoms with Gasteiger partial charge in [-0.1, -0.05) is 0 Å². The van der Waals surface area contributed by atoms with Crippen LogP contribution in [0, 0.1) is 0 Å². The maximum Gasteiger partial charge on any atom is 0.325 e. The van der Waals surface area contributed by atoms with Crippen LogP contribution in [0.15, 0.2) is 4.99 Å². The molecule has 134 valence electrons. The Kier molecular flexibility index (Phi) is 4.91. The molecule has 0 radical (unpaired) electrons. The molecule has 0 bridgehead atoms. The van der Waals surface area contributed by atoms with Crippen LogP contribution in [0.2, 0.25) is 0 Å². The Morgan fingerprint density at radius 1 is 1.21 bits per heavy atom. The predicted molar refractivity (Wildman–Crippen MR) is 88.6 cm³/mol. The van der Waals surface area contributed by atoms with Gasteiger partial charge in [0.25, 0.3) is 5.91 Å². The van der Waals surface area contributed by atoms with Gasteiger partial charge in [0.1, 0.15) is 0 Å². The molecule has 3 rings (SSSR count). The van der Waals surface area contributed by atoms with E-state index in [-0.39, 0.29) is 5.91 Å². The molecule has 3 aliphatic heterocycles. The van der Waals surface area contributed by atoms with E-state index in [9.17, 15) is 9.59 Å². The molecule has 9 heteroatoms. The molecule has 9 nitrogen and oxygen atoms in total. The number of rotatable bonds is 4. The zero-order valence-electron chi connectivity index (χ0n) is 14.6. The van der Waals surface area contributed by atoms with Crippen molar-refractivity contribution in [3.8, 4) is 0 Å². The quantitative estimate of drug-likeness (QED) is 0.650. The molecule has 0 aromatic carbocycles. The number of fused-ring (bicyclic) bond motifs is 1. The monoisotopic (exact) mass is 338 g/mol. The summed E-state index contributed by atoms with van der Waals surface area (Å²) in [6, 6.07) is -0.878. The highest BCUT2D eigenvalue weighted by atomic mass is 16.5. The fourth-order valence-corrected chi connectivity index (χ4v) is 3.33. The van der Waals surface area contributed by atoms with E-state index in [0.29, 0.717) is 19.8 Å². The summed E-state index contributed by atoms with van der Waals surface area (Å²) >= 11 is 0. The maximum absolute atomic E-state index is 12.4. The third-order valence-electron chi connectivity index (χ3n) is 4.81. The smallest absolute Gasteiger partial charge is 0.325 e. The van der Waals surface area contributed by atoms with Gasteiger partial charge in [0.05, 0.1) is 6.61 Å². The van der Waals surface area contributed by atoms with Crippen molar-refractivity contribution in [2.75, 3.05) is 60.0 Å². The summed E-state index contributed by atoms with van der Waals surface area (Å²) in [6.07, 6.45) is -0.470. The van der Waals surface area contributed by atoms with Crippen LogP contribution in [0.1, 0.15) is 6.92 Å². The van der Waals surface area contributed by atoms with Crippen LogP contribution < -0.4 is 5.32 Å². The van der Waals surface area contributed by atoms with E-state index in [2.05, 4.69) is 22.2 Å². The summed E-state index contributed by atoms with van der Waals surface area (Å²) in [5, 5.41) is 2.42. The van der Waals surface area contributed by atoms with Gasteiger partial charge in [0.15, 0.2) is 18.2 Å². The fraction of sp³-hybridized carbons (Fsp3) is 0.800. The number of guanidine groups is 1. The summed E-state index contributed by atoms with van der Waals surface area (Å²) in [7, 11) is 3.77. The van der Waals surface area contributed by atoms with Crippen molar-refractivity contribution in [1.82, 2.24) is 24.9 Å². The highest BCUT2D eigenvalue weighted by Crippen LogP contribution is 2.25. The topological polar surface area (TPSA) is 80.7 Å². The van der Waals surface area contributed by atoms with Crippen molar-refractivity contribution in [2.45, 2.75) is 19.1 Å². The van der Waals surface area contributed by atoms with Gasteiger partial charge in [-0.2, -0.15) is 0 Å². The lowest BCUT2D eigenvalue weighted by Gasteiger charge is -2.39. The SMILES string of the molecule is CCOCCN1C(N2CCN(C)CC2)=NC2C1C(=O)NC(=O)N2C. The van der Waals surface area contributed by atoms with E-state index in [1.807, 2.05) is 11.8 Å². The number of hydrogen-bond donors (Lipinski definition) is 1. The molecule has 0 spiro atoms. The second-order valence-electron chi connectivity index (χ2n) is 6.37. The van der Waals surface area contributed by atoms with E-state index < -0.39 is 18.2 Å². The van der Waals surface area contributed by atoms with Crippen LogP contribution >= 0.6 is 0 Å². The number of ether oxygens (including phenoxy) is 1. The number of piperazine rings is 1. The number of carbonyl (C=O) groups excluding carboxylic acids is 2. The van der Waals surface area contributed by atoms with Gasteiger partial charge in [0, 0.05) is 46.4 Å². The van der Waals surface area contributed by atoms with Crippen LogP contribution in [0.25, 0.3) is 0 Å². The molecule has 0 saturated carbocycles. The van der Waals surface area contributed by atoms with Gasteiger partial charge in [-0.15, -0.1) is 0 Å². The van der Waals surface area contributed by atoms with Crippen molar-refractivity contribution in [3.63, 3.8) is 0 Å². The van der Waals surface area contributed by atoms with Crippen molar-refractivity contribution in [2.24, 2.45) is 4.99 Å². The van der Waals surface area contributed by atoms with E-state index in [0.717, 1.165) is 32.1 Å². The van der Waals surface area contributed by atoms with E-state index in [1.165, 1.54) is 4.90 Å². The summed E-state index contributed by atoms with van der Waals surface area (Å²) in [5.41, 5.74) is 0. The zero-order valence-corrected chi connectivity index (χ0v) is 14.6. The molecule has 1 N–H and O–H groups in total. The number of hydrogen-bond acceptors (Lipinski definition) is 7. The molecule has 2 unspecified atom stereocenters. The number of likely N-dealkylation sites (N-methyl/N-ethyl adjacent to an activating group) is 2. The van der Waals surface area contributed by atoms with Gasteiger partial charge in [-0.3, -0.25) is 10.1 Å². The Hall–Kier alpha value is -1.87. The molecule has 0 aromatic rings. The molecule has 24 heavy (non-hydrogen) atoms. The first-order chi connectivity index (χ1) is 11.5. The first-order valence-electron chi connectivity index (χ1n) is 8.46. The van der Waals surface area contributed by atoms with Crippen molar-refractivity contribution in [3.05, 3.63) is 0 Å². The Labute approximate surface area is 142 Å². The lowest BCUT2D eigenvalue weighted by molar-refractivity contribution is -0.127. The molecule has 3 heterocycles. The van der Waals surface area contributed by atoms with Gasteiger partial charge < -0.3 is 24.3 Å². The summed E-state index contributed by atoms with van der Waals surface area (Å²) in [4.78, 5) is 37.0. The average Bonchev–Trinajstić information content (AvgIpc) is 2.94. The molecule has 2 fully saturated rings. The van der Waals surface area contributed by atoms with Gasteiger partial charge in [-0.25, -0.2) is 9.79 Å². The first kappa shape index (κ1) is 17.0. The minimum Gasteiger partial charge on any atom is -0.380 e. The first-order valence-corrected chi connectivity index (χ1v) is 8.46. The summed E-state index contributed by atoms with van der Waals surface area (Å²) in [6.45, 7) is 7.31. The van der Waals surface area contributed by atoms with Crippen LogP contribution in [-0.4, -0.2) is 110 Å². The Bertz CT molecular complexity index is 531. The lowest BCUT2D eigenvalue weighted by Crippen LogP contribution is -2.64. The van der Waals surface area contributed by atoms with Crippen molar-refractivity contribution >= 4 is 17.9 Å². The zero-order chi connectivity index (χ0) is 17.3. The van der Waals surface area contributed by atoms with Crippen LogP contribution in [-0.2, 0) is 9.53 Å². The highest BCUT2D eigenvalue weighted by molar-refractivity contribution is 6.03. The fourth-order valence-electron chi connectivity index (χ4n) is 3.33. The van der Waals surface area contributed by atoms with E-state index in [1.54, 1.807) is 7.05 Å². The van der Waals surface area contributed by atoms with Crippen LogP contribution in [0.4, 0.5) is 4.79 Å². The minimum atomic E-state index is -0.484. The van der Waals surface area contributed by atoms with Gasteiger partial charge in [0.2, 0.25) is 0 Å². The number of amides is 3. The second kappa shape index (κ2) is 6.94. The number of imide groups is 1. The van der Waals surface area contributed by atoms with Gasteiger partial charge in [-0.05, 0) is 14.0 Å². The Morgan fingerprint density at radius 2 is 1.92 bits per heavy atom. The van der Waals surface area contributed by atoms with Crippen LogP contribution in [0.5, 0.6) is 0 Å². The van der Waals surface area contributed by atoms with Gasteiger partial charge >= 0.3 is 6.03 Å². The highest BCUT2D eigenvalue weighted by Gasteiger charge is 2.49. The van der Waals surface area contributed by atoms with Crippen LogP contribution in [0.3, 0.4) is 0 Å². The second-order valence-corrected chi connectivity index (χ2v) is 6.37. The number of urea groups is 1. The lowest BCUT2D eigenvalue weighted by atomic mass is 10.1. The largest absolute Gasteiger partial charge is 0.380 e. The Morgan fingerprint density at radius 3 is 2.58 bits per heavy atom. The summed E-state index contributed by atoms with van der Waals surface area (Å²) < 4.78 is 5.48. The number of aliphatic imine (C=N–C) groups is 1. The maximum atomic E-state index is 12.4. The average molecular weight is 338 g/mol. The van der Waals surface area contributed by atoms with E-state index >= 15 is 0 Å². The normalized spacial score (nSPS) is 28.1. The third kappa shape index (κ3) is 3.05. The number of nitrogens with zero attached hydrogens (tertiary/aromatic N) is 5. The minimum absolute atomic E-state index is 0.285. The molecule has 3 aliphatic rings. The molecule has 3 amide bonds. The molecule has 2 saturated heterocycles. The molecular weight excluding hydrogens is 312 g/mol. The molecule has 0 aromatic heterocycles. The molecule has 0 aliphatic carbocycles. The molecule has 2 atom stereocenters. The number of nitrogens with one attached hydrogen (secondary N) is 1. The van der Waals surface area contributed by atoms with Crippen molar-refractivity contribution in [1.29, 1.82) is 0 Å². The molecular formula is C15H26N6O3. The third-order valence-corrected chi connectivity index (χ3v) is 4.81. The predicted octanol–water partition coefficient (Wildman–Crippen LogP) is -1.18. The summed E-state index contributed by atoms with van der Waals surface area (Å²) in [5.74, 6) is 0.516. The van der Waals surface area contributed by atoms with E-state index in [4.69, 9.17) is 9.73 Å². The Balaban J connectivity index is 1.82.